The van der Waals surface area contributed by atoms with E-state index in [4.69, 9.17) is 11.6 Å². The molecule has 1 unspecified atom stereocenters. The molecule has 2 aromatic rings. The predicted octanol–water partition coefficient (Wildman–Crippen LogP) is 5.67. The van der Waals surface area contributed by atoms with Gasteiger partial charge in [0, 0.05) is 50.4 Å². The largest absolute Gasteiger partial charge is 0.339 e. The quantitative estimate of drug-likeness (QED) is 0.404. The Morgan fingerprint density at radius 2 is 1.85 bits per heavy atom. The zero-order valence-electron chi connectivity index (χ0n) is 16.4. The summed E-state index contributed by atoms with van der Waals surface area (Å²) in [6.45, 7) is 8.24. The maximum Gasteiger partial charge on any atom is 0.137 e. The Balaban J connectivity index is 0.00000261. The summed E-state index contributed by atoms with van der Waals surface area (Å²) in [6.07, 6.45) is 4.02. The van der Waals surface area contributed by atoms with E-state index in [9.17, 15) is 4.79 Å². The van der Waals surface area contributed by atoms with Crippen LogP contribution >= 0.6 is 11.6 Å². The van der Waals surface area contributed by atoms with E-state index in [1.54, 1.807) is 0 Å². The summed E-state index contributed by atoms with van der Waals surface area (Å²) in [5.41, 5.74) is 6.46. The van der Waals surface area contributed by atoms with Crippen LogP contribution in [0.3, 0.4) is 0 Å². The van der Waals surface area contributed by atoms with Crippen molar-refractivity contribution in [2.75, 3.05) is 0 Å². The van der Waals surface area contributed by atoms with Gasteiger partial charge in [-0.2, -0.15) is 6.42 Å². The molecule has 0 N–H and O–H groups in total. The van der Waals surface area contributed by atoms with Crippen molar-refractivity contribution in [1.29, 1.82) is 0 Å². The van der Waals surface area contributed by atoms with Crippen molar-refractivity contribution in [3.8, 4) is 0 Å². The maximum absolute atomic E-state index is 12.6. The number of alkyl halides is 1. The summed E-state index contributed by atoms with van der Waals surface area (Å²) in [7, 11) is 0. The van der Waals surface area contributed by atoms with Gasteiger partial charge in [0.05, 0.1) is 0 Å². The number of rotatable bonds is 6. The average Bonchev–Trinajstić information content (AvgIpc) is 2.88. The molecular weight excluding hydrogens is 429 g/mol. The van der Waals surface area contributed by atoms with Crippen LogP contribution in [0.1, 0.15) is 40.7 Å². The van der Waals surface area contributed by atoms with Crippen LogP contribution in [-0.4, -0.2) is 11.2 Å². The summed E-state index contributed by atoms with van der Waals surface area (Å²) < 4.78 is 0. The van der Waals surface area contributed by atoms with E-state index in [0.717, 1.165) is 25.7 Å². The topological polar surface area (TPSA) is 17.1 Å². The third-order valence-electron chi connectivity index (χ3n) is 5.77. The van der Waals surface area contributed by atoms with E-state index in [2.05, 4.69) is 63.2 Å². The number of hydrogen-bond acceptors (Lipinski definition) is 1. The molecular formula is C24H28ClOY-. The van der Waals surface area contributed by atoms with Gasteiger partial charge in [0.1, 0.15) is 5.78 Å². The van der Waals surface area contributed by atoms with Gasteiger partial charge in [0.25, 0.3) is 0 Å². The second kappa shape index (κ2) is 10.3. The van der Waals surface area contributed by atoms with Crippen LogP contribution in [-0.2, 0) is 56.8 Å². The molecule has 1 radical (unpaired) electrons. The molecule has 1 nitrogen and oxygen atoms in total. The molecule has 1 fully saturated rings. The third-order valence-corrected chi connectivity index (χ3v) is 6.24. The fourth-order valence-corrected chi connectivity index (χ4v) is 4.67. The van der Waals surface area contributed by atoms with Crippen LogP contribution in [0.5, 0.6) is 0 Å². The summed E-state index contributed by atoms with van der Waals surface area (Å²) >= 11 is 6.59. The van der Waals surface area contributed by atoms with Crippen molar-refractivity contribution in [3.63, 3.8) is 0 Å². The van der Waals surface area contributed by atoms with Gasteiger partial charge >= 0.3 is 0 Å². The number of carbonyl (C=O) groups excluding carboxylic acids is 1. The first-order chi connectivity index (χ1) is 12.5. The zero-order chi connectivity index (χ0) is 18.7. The molecule has 0 bridgehead atoms. The molecule has 0 heterocycles. The molecule has 3 heteroatoms. The Morgan fingerprint density at radius 3 is 2.56 bits per heavy atom. The number of ketones is 1. The minimum atomic E-state index is -0.0463. The van der Waals surface area contributed by atoms with Crippen molar-refractivity contribution >= 4 is 17.4 Å². The van der Waals surface area contributed by atoms with E-state index in [1.807, 2.05) is 0 Å². The average molecular weight is 457 g/mol. The molecule has 1 saturated carbocycles. The van der Waals surface area contributed by atoms with Gasteiger partial charge in [-0.05, 0) is 55.7 Å². The van der Waals surface area contributed by atoms with Crippen LogP contribution in [0.15, 0.2) is 42.5 Å². The van der Waals surface area contributed by atoms with Gasteiger partial charge in [-0.1, -0.05) is 53.6 Å². The number of halogens is 1. The van der Waals surface area contributed by atoms with Crippen molar-refractivity contribution < 1.29 is 37.5 Å². The molecule has 0 amide bonds. The second-order valence-corrected chi connectivity index (χ2v) is 8.26. The van der Waals surface area contributed by atoms with Crippen LogP contribution < -0.4 is 0 Å². The van der Waals surface area contributed by atoms with Crippen LogP contribution in [0, 0.1) is 32.6 Å². The van der Waals surface area contributed by atoms with Crippen molar-refractivity contribution in [3.05, 3.63) is 77.2 Å². The summed E-state index contributed by atoms with van der Waals surface area (Å²) in [6, 6.07) is 15.1. The summed E-state index contributed by atoms with van der Waals surface area (Å²) in [5, 5.41) is -0.0463. The maximum atomic E-state index is 12.6. The molecule has 27 heavy (non-hydrogen) atoms. The van der Waals surface area contributed by atoms with E-state index in [1.165, 1.54) is 27.8 Å². The molecule has 3 atom stereocenters. The first kappa shape index (κ1) is 22.8. The monoisotopic (exact) mass is 456 g/mol. The smallest absolute Gasteiger partial charge is 0.137 e. The van der Waals surface area contributed by atoms with Gasteiger partial charge in [-0.25, -0.2) is 0 Å². The Hall–Kier alpha value is -0.496. The minimum absolute atomic E-state index is 0. The third kappa shape index (κ3) is 5.75. The van der Waals surface area contributed by atoms with Crippen LogP contribution in [0.25, 0.3) is 0 Å². The Morgan fingerprint density at radius 1 is 1.11 bits per heavy atom. The zero-order valence-corrected chi connectivity index (χ0v) is 20.0. The van der Waals surface area contributed by atoms with Crippen molar-refractivity contribution in [1.82, 2.24) is 0 Å². The van der Waals surface area contributed by atoms with Crippen LogP contribution in [0.2, 0.25) is 0 Å². The molecule has 1 aliphatic carbocycles. The normalized spacial score (nSPS) is 21.9. The molecule has 0 spiro atoms. The number of hydrogen-bond donors (Lipinski definition) is 0. The standard InChI is InChI=1S/C24H28ClO.Y/c1-4-18-6-5-7-19(13-18)14-22-21(24(26)15-23(22)25)11-10-20-9-8-16(2)12-17(20)3;/h5-9,12-13,21-23H,1,4,10-11,14-15H2,2-3H3;/q-1;/t21-,22-,23?;/m1./s1. The van der Waals surface area contributed by atoms with Gasteiger partial charge in [0.2, 0.25) is 0 Å². The fraction of sp³-hybridized carbons (Fsp3) is 0.417. The minimum Gasteiger partial charge on any atom is -0.339 e. The second-order valence-electron chi connectivity index (χ2n) is 7.70. The van der Waals surface area contributed by atoms with Gasteiger partial charge in [-0.15, -0.1) is 11.6 Å². The molecule has 2 aromatic carbocycles. The first-order valence-electron chi connectivity index (χ1n) is 9.58. The number of Topliss-reactive ketones (excluding diaryl/α,β-unsaturated/α-hetero) is 1. The van der Waals surface area contributed by atoms with Crippen molar-refractivity contribution in [2.24, 2.45) is 11.8 Å². The van der Waals surface area contributed by atoms with Gasteiger partial charge < -0.3 is 6.92 Å². The van der Waals surface area contributed by atoms with E-state index >= 15 is 0 Å². The molecule has 0 aromatic heterocycles. The van der Waals surface area contributed by atoms with Gasteiger partial charge in [0.15, 0.2) is 0 Å². The number of benzene rings is 2. The number of carbonyl (C=O) groups is 1. The molecule has 1 aliphatic rings. The molecule has 141 valence electrons. The van der Waals surface area contributed by atoms with E-state index < -0.39 is 0 Å². The van der Waals surface area contributed by atoms with Crippen LogP contribution in [0.4, 0.5) is 0 Å². The Labute approximate surface area is 194 Å². The molecule has 3 rings (SSSR count). The summed E-state index contributed by atoms with van der Waals surface area (Å²) in [5.74, 6) is 0.643. The van der Waals surface area contributed by atoms with Crippen molar-refractivity contribution in [2.45, 2.75) is 51.3 Å². The molecule has 0 aliphatic heterocycles. The SMILES string of the molecule is [CH2-]Cc1cccc(C[C@H]2C(Cl)CC(=O)[C@@H]2CCc2ccc(C)cc2C)c1.[Y]. The fourth-order valence-electron chi connectivity index (χ4n) is 4.25. The van der Waals surface area contributed by atoms with E-state index in [-0.39, 0.29) is 49.9 Å². The number of aryl methyl sites for hydroxylation is 3. The Kier molecular flexibility index (Phi) is 8.72. The first-order valence-corrected chi connectivity index (χ1v) is 10.0. The summed E-state index contributed by atoms with van der Waals surface area (Å²) in [4.78, 5) is 12.6. The van der Waals surface area contributed by atoms with Gasteiger partial charge in [-0.3, -0.25) is 4.79 Å². The predicted molar refractivity (Wildman–Crippen MR) is 110 cm³/mol. The Bertz CT molecular complexity index is 786. The van der Waals surface area contributed by atoms with E-state index in [0.29, 0.717) is 12.2 Å². The molecule has 0 saturated heterocycles.